The molecule has 0 aliphatic heterocycles. The lowest BCUT2D eigenvalue weighted by Gasteiger charge is -2.01. The Kier molecular flexibility index (Phi) is 3.36. The van der Waals surface area contributed by atoms with Gasteiger partial charge in [0.25, 0.3) is 0 Å². The molecule has 4 nitrogen and oxygen atoms in total. The minimum atomic E-state index is 0.836. The maximum Gasteiger partial charge on any atom is 0.191 e. The molecule has 0 fully saturated rings. The third-order valence-electron chi connectivity index (χ3n) is 2.10. The van der Waals surface area contributed by atoms with Crippen molar-refractivity contribution < 1.29 is 0 Å². The van der Waals surface area contributed by atoms with Gasteiger partial charge in [-0.25, -0.2) is 0 Å². The first-order valence-electron chi connectivity index (χ1n) is 4.86. The molecular weight excluding hydrogens is 220 g/mol. The minimum Gasteiger partial charge on any atom is -0.305 e. The van der Waals surface area contributed by atoms with Crippen LogP contribution in [0.3, 0.4) is 0 Å². The third kappa shape index (κ3) is 2.14. The van der Waals surface area contributed by atoms with Crippen molar-refractivity contribution in [1.29, 1.82) is 0 Å². The van der Waals surface area contributed by atoms with Crippen LogP contribution >= 0.6 is 11.8 Å². The molecule has 2 heterocycles. The largest absolute Gasteiger partial charge is 0.305 e. The van der Waals surface area contributed by atoms with E-state index in [-0.39, 0.29) is 0 Å². The fourth-order valence-corrected chi connectivity index (χ4v) is 1.97. The summed E-state index contributed by atoms with van der Waals surface area (Å²) in [6.45, 7) is 3.68. The van der Waals surface area contributed by atoms with Gasteiger partial charge in [-0.3, -0.25) is 4.98 Å². The monoisotopic (exact) mass is 232 g/mol. The van der Waals surface area contributed by atoms with Crippen molar-refractivity contribution in [3.63, 3.8) is 0 Å². The summed E-state index contributed by atoms with van der Waals surface area (Å²) in [5.41, 5.74) is 1.02. The lowest BCUT2D eigenvalue weighted by molar-refractivity contribution is 0.795. The molecule has 0 aromatic carbocycles. The smallest absolute Gasteiger partial charge is 0.191 e. The summed E-state index contributed by atoms with van der Waals surface area (Å²) in [5, 5.41) is 9.20. The van der Waals surface area contributed by atoms with E-state index < -0.39 is 0 Å². The summed E-state index contributed by atoms with van der Waals surface area (Å²) >= 11 is 1.62. The fourth-order valence-electron chi connectivity index (χ4n) is 1.33. The van der Waals surface area contributed by atoms with Crippen molar-refractivity contribution in [2.75, 3.05) is 5.75 Å². The summed E-state index contributed by atoms with van der Waals surface area (Å²) in [7, 11) is 1.96. The van der Waals surface area contributed by atoms with Crippen molar-refractivity contribution in [2.45, 2.75) is 5.16 Å². The zero-order valence-electron chi connectivity index (χ0n) is 9.00. The van der Waals surface area contributed by atoms with E-state index in [0.717, 1.165) is 22.3 Å². The first-order chi connectivity index (χ1) is 7.83. The van der Waals surface area contributed by atoms with E-state index in [4.69, 9.17) is 0 Å². The molecule has 0 spiro atoms. The molecule has 0 saturated carbocycles. The fraction of sp³-hybridized carbons (Fsp3) is 0.182. The Morgan fingerprint density at radius 1 is 1.38 bits per heavy atom. The average molecular weight is 232 g/mol. The molecule has 0 aliphatic carbocycles. The van der Waals surface area contributed by atoms with Gasteiger partial charge in [0.1, 0.15) is 0 Å². The van der Waals surface area contributed by atoms with Crippen LogP contribution in [0.1, 0.15) is 0 Å². The van der Waals surface area contributed by atoms with Crippen LogP contribution in [-0.4, -0.2) is 25.5 Å². The zero-order valence-corrected chi connectivity index (χ0v) is 9.81. The highest BCUT2D eigenvalue weighted by Gasteiger charge is 2.09. The first kappa shape index (κ1) is 10.9. The summed E-state index contributed by atoms with van der Waals surface area (Å²) in [4.78, 5) is 3.98. The van der Waals surface area contributed by atoms with E-state index in [2.05, 4.69) is 21.8 Å². The number of aromatic nitrogens is 4. The Balaban J connectivity index is 2.30. The van der Waals surface area contributed by atoms with Crippen molar-refractivity contribution in [3.8, 4) is 11.4 Å². The molecule has 16 heavy (non-hydrogen) atoms. The van der Waals surface area contributed by atoms with E-state index in [9.17, 15) is 0 Å². The van der Waals surface area contributed by atoms with E-state index in [1.54, 1.807) is 24.2 Å². The quantitative estimate of drug-likeness (QED) is 0.598. The maximum absolute atomic E-state index is 4.17. The maximum atomic E-state index is 4.17. The second kappa shape index (κ2) is 4.94. The molecule has 2 aromatic heterocycles. The van der Waals surface area contributed by atoms with Crippen molar-refractivity contribution >= 4 is 11.8 Å². The minimum absolute atomic E-state index is 0.836. The Labute approximate surface area is 98.4 Å². The molecule has 0 saturated heterocycles. The van der Waals surface area contributed by atoms with E-state index in [0.29, 0.717) is 0 Å². The SMILES string of the molecule is C=CCSc1nnc(-c2ccncc2)n1C. The number of hydrogen-bond donors (Lipinski definition) is 0. The van der Waals surface area contributed by atoms with Gasteiger partial charge >= 0.3 is 0 Å². The summed E-state index contributed by atoms with van der Waals surface area (Å²) in [6, 6.07) is 3.85. The van der Waals surface area contributed by atoms with Gasteiger partial charge in [0, 0.05) is 30.8 Å². The van der Waals surface area contributed by atoms with Gasteiger partial charge in [-0.05, 0) is 12.1 Å². The van der Waals surface area contributed by atoms with E-state index in [1.165, 1.54) is 0 Å². The van der Waals surface area contributed by atoms with Crippen molar-refractivity contribution in [1.82, 2.24) is 19.7 Å². The molecule has 0 radical (unpaired) electrons. The third-order valence-corrected chi connectivity index (χ3v) is 3.12. The van der Waals surface area contributed by atoms with E-state index >= 15 is 0 Å². The Bertz CT molecular complexity index is 478. The predicted molar refractivity (Wildman–Crippen MR) is 65.2 cm³/mol. The highest BCUT2D eigenvalue weighted by molar-refractivity contribution is 7.99. The number of thioether (sulfide) groups is 1. The van der Waals surface area contributed by atoms with Crippen LogP contribution in [0.4, 0.5) is 0 Å². The van der Waals surface area contributed by atoms with Crippen LogP contribution in [-0.2, 0) is 7.05 Å². The van der Waals surface area contributed by atoms with Gasteiger partial charge < -0.3 is 4.57 Å². The molecule has 0 atom stereocenters. The molecule has 2 aromatic rings. The average Bonchev–Trinajstić information content (AvgIpc) is 2.69. The van der Waals surface area contributed by atoms with Crippen LogP contribution < -0.4 is 0 Å². The van der Waals surface area contributed by atoms with Crippen molar-refractivity contribution in [3.05, 3.63) is 37.2 Å². The molecule has 2 rings (SSSR count). The number of nitrogens with zero attached hydrogens (tertiary/aromatic N) is 4. The Morgan fingerprint density at radius 3 is 2.81 bits per heavy atom. The highest BCUT2D eigenvalue weighted by Crippen LogP contribution is 2.21. The number of pyridine rings is 1. The van der Waals surface area contributed by atoms with Gasteiger partial charge in [0.15, 0.2) is 11.0 Å². The Hall–Kier alpha value is -1.62. The number of rotatable bonds is 4. The molecule has 0 bridgehead atoms. The second-order valence-electron chi connectivity index (χ2n) is 3.20. The van der Waals surface area contributed by atoms with Crippen LogP contribution in [0.5, 0.6) is 0 Å². The van der Waals surface area contributed by atoms with Gasteiger partial charge in [0.2, 0.25) is 0 Å². The second-order valence-corrected chi connectivity index (χ2v) is 4.19. The van der Waals surface area contributed by atoms with Gasteiger partial charge in [-0.2, -0.15) is 0 Å². The topological polar surface area (TPSA) is 43.6 Å². The highest BCUT2D eigenvalue weighted by atomic mass is 32.2. The standard InChI is InChI=1S/C11H12N4S/c1-3-8-16-11-14-13-10(15(11)2)9-4-6-12-7-5-9/h3-7H,1,8H2,2H3. The summed E-state index contributed by atoms with van der Waals surface area (Å²) in [6.07, 6.45) is 5.35. The molecule has 5 heteroatoms. The van der Waals surface area contributed by atoms with Crippen LogP contribution in [0.25, 0.3) is 11.4 Å². The zero-order chi connectivity index (χ0) is 11.4. The molecule has 0 aliphatic rings. The Morgan fingerprint density at radius 2 is 2.12 bits per heavy atom. The van der Waals surface area contributed by atoms with Crippen LogP contribution in [0.2, 0.25) is 0 Å². The molecule has 0 amide bonds. The van der Waals surface area contributed by atoms with E-state index in [1.807, 2.05) is 29.8 Å². The van der Waals surface area contributed by atoms with Crippen LogP contribution in [0, 0.1) is 0 Å². The molecule has 0 N–H and O–H groups in total. The lowest BCUT2D eigenvalue weighted by atomic mass is 10.2. The van der Waals surface area contributed by atoms with Gasteiger partial charge in [0.05, 0.1) is 0 Å². The van der Waals surface area contributed by atoms with Gasteiger partial charge in [-0.1, -0.05) is 17.8 Å². The molecule has 82 valence electrons. The summed E-state index contributed by atoms with van der Waals surface area (Å²) < 4.78 is 1.98. The number of hydrogen-bond acceptors (Lipinski definition) is 4. The first-order valence-corrected chi connectivity index (χ1v) is 5.85. The molecular formula is C11H12N4S. The van der Waals surface area contributed by atoms with Crippen molar-refractivity contribution in [2.24, 2.45) is 7.05 Å². The predicted octanol–water partition coefficient (Wildman–Crippen LogP) is 2.16. The lowest BCUT2D eigenvalue weighted by Crippen LogP contribution is -1.94. The normalized spacial score (nSPS) is 10.3. The summed E-state index contributed by atoms with van der Waals surface area (Å²) in [5.74, 6) is 1.69. The molecule has 0 unspecified atom stereocenters. The van der Waals surface area contributed by atoms with Gasteiger partial charge in [-0.15, -0.1) is 16.8 Å². The van der Waals surface area contributed by atoms with Crippen LogP contribution in [0.15, 0.2) is 42.3 Å².